The van der Waals surface area contributed by atoms with Crippen LogP contribution in [0.3, 0.4) is 0 Å². The number of aromatic nitrogens is 2. The van der Waals surface area contributed by atoms with Gasteiger partial charge in [0.2, 0.25) is 5.91 Å². The van der Waals surface area contributed by atoms with Gasteiger partial charge in [-0.3, -0.25) is 14.8 Å². The van der Waals surface area contributed by atoms with E-state index < -0.39 is 21.3 Å². The zero-order valence-corrected chi connectivity index (χ0v) is 19.5. The lowest BCUT2D eigenvalue weighted by atomic mass is 10.0. The number of nitrogens with one attached hydrogen (secondary N) is 1. The molecule has 0 radical (unpaired) electrons. The van der Waals surface area contributed by atoms with E-state index in [9.17, 15) is 17.8 Å². The third kappa shape index (κ3) is 5.00. The molecule has 0 saturated carbocycles. The number of benzene rings is 3. The maximum absolute atomic E-state index is 12.3. The van der Waals surface area contributed by atoms with Gasteiger partial charge in [0.25, 0.3) is 10.1 Å². The monoisotopic (exact) mass is 493 g/mol. The van der Waals surface area contributed by atoms with Crippen LogP contribution in [0.15, 0.2) is 66.7 Å². The minimum Gasteiger partial charge on any atom is -0.486 e. The van der Waals surface area contributed by atoms with Crippen molar-refractivity contribution < 1.29 is 22.5 Å². The fourth-order valence-corrected chi connectivity index (χ4v) is 4.79. The van der Waals surface area contributed by atoms with E-state index in [-0.39, 0.29) is 23.6 Å². The van der Waals surface area contributed by atoms with Crippen molar-refractivity contribution in [1.29, 1.82) is 5.41 Å². The van der Waals surface area contributed by atoms with Crippen molar-refractivity contribution in [1.82, 2.24) is 9.55 Å². The average Bonchev–Trinajstić information content (AvgIpc) is 3.12. The molecule has 0 aliphatic rings. The molecule has 0 spiro atoms. The molecule has 35 heavy (non-hydrogen) atoms. The first-order valence-corrected chi connectivity index (χ1v) is 11.9. The topological polar surface area (TPSA) is 174 Å². The highest BCUT2D eigenvalue weighted by molar-refractivity contribution is 7.86. The van der Waals surface area contributed by atoms with E-state index in [0.29, 0.717) is 28.2 Å². The maximum atomic E-state index is 12.3. The highest BCUT2D eigenvalue weighted by Gasteiger charge is 2.28. The zero-order valence-electron chi connectivity index (χ0n) is 18.7. The molecule has 1 atom stereocenters. The Balaban J connectivity index is 1.64. The number of hydrogen-bond donors (Lipinski definition) is 4. The largest absolute Gasteiger partial charge is 0.486 e. The molecule has 1 aromatic heterocycles. The fourth-order valence-electron chi connectivity index (χ4n) is 3.80. The van der Waals surface area contributed by atoms with Gasteiger partial charge < -0.3 is 20.8 Å². The lowest BCUT2D eigenvalue weighted by molar-refractivity contribution is 0.1000. The number of carbonyl (C=O) groups excluding carboxylic acids is 1. The molecule has 4 aromatic rings. The van der Waals surface area contributed by atoms with E-state index in [1.165, 1.54) is 24.3 Å². The summed E-state index contributed by atoms with van der Waals surface area (Å²) in [7, 11) is -2.72. The van der Waals surface area contributed by atoms with Gasteiger partial charge in [0.05, 0.1) is 11.0 Å². The van der Waals surface area contributed by atoms with Crippen molar-refractivity contribution in [2.24, 2.45) is 18.5 Å². The quantitative estimate of drug-likeness (QED) is 0.166. The number of rotatable bonds is 8. The molecule has 10 nitrogen and oxygen atoms in total. The van der Waals surface area contributed by atoms with E-state index in [4.69, 9.17) is 21.6 Å². The molecule has 180 valence electrons. The summed E-state index contributed by atoms with van der Waals surface area (Å²) in [6.07, 6.45) is 0. The second kappa shape index (κ2) is 9.20. The Morgan fingerprint density at radius 1 is 1.03 bits per heavy atom. The number of primary amides is 1. The van der Waals surface area contributed by atoms with Crippen molar-refractivity contribution in [2.75, 3.05) is 0 Å². The first-order chi connectivity index (χ1) is 16.5. The Labute approximate surface area is 201 Å². The summed E-state index contributed by atoms with van der Waals surface area (Å²) in [6, 6.07) is 17.4. The fraction of sp³-hybridized carbons (Fsp3) is 0.125. The Morgan fingerprint density at radius 3 is 2.20 bits per heavy atom. The van der Waals surface area contributed by atoms with E-state index in [0.717, 1.165) is 5.52 Å². The van der Waals surface area contributed by atoms with Gasteiger partial charge in [0.15, 0.2) is 0 Å². The number of ether oxygens (including phenoxy) is 1. The zero-order chi connectivity index (χ0) is 25.3. The van der Waals surface area contributed by atoms with Crippen LogP contribution in [-0.4, -0.2) is 34.3 Å². The number of aryl methyl sites for hydroxylation is 1. The Morgan fingerprint density at radius 2 is 1.63 bits per heavy atom. The molecule has 1 unspecified atom stereocenters. The number of nitrogens with two attached hydrogens (primary N) is 2. The van der Waals surface area contributed by atoms with Crippen LogP contribution >= 0.6 is 0 Å². The van der Waals surface area contributed by atoms with Crippen LogP contribution in [0.5, 0.6) is 5.75 Å². The van der Waals surface area contributed by atoms with Gasteiger partial charge in [0, 0.05) is 18.2 Å². The van der Waals surface area contributed by atoms with Gasteiger partial charge in [-0.15, -0.1) is 0 Å². The summed E-state index contributed by atoms with van der Waals surface area (Å²) in [5.41, 5.74) is 13.4. The summed E-state index contributed by atoms with van der Waals surface area (Å²) in [4.78, 5) is 15.9. The molecular weight excluding hydrogens is 470 g/mol. The summed E-state index contributed by atoms with van der Waals surface area (Å²) >= 11 is 0. The first-order valence-electron chi connectivity index (χ1n) is 10.4. The SMILES string of the molecule is Cn1c(COc2ccc(C(=N)N)cc2)nc2cc(C(c3ccc(C(N)=O)cc3)S(=O)(=O)O)ccc21. The van der Waals surface area contributed by atoms with Gasteiger partial charge >= 0.3 is 0 Å². The van der Waals surface area contributed by atoms with Crippen molar-refractivity contribution in [2.45, 2.75) is 11.9 Å². The summed E-state index contributed by atoms with van der Waals surface area (Å²) in [5.74, 6) is 0.504. The van der Waals surface area contributed by atoms with Gasteiger partial charge in [-0.25, -0.2) is 4.98 Å². The molecule has 0 saturated heterocycles. The predicted molar refractivity (Wildman–Crippen MR) is 131 cm³/mol. The summed E-state index contributed by atoms with van der Waals surface area (Å²) in [5, 5.41) is 6.09. The third-order valence-electron chi connectivity index (χ3n) is 5.63. The summed E-state index contributed by atoms with van der Waals surface area (Å²) < 4.78 is 42.2. The van der Waals surface area contributed by atoms with Crippen molar-refractivity contribution in [3.05, 3.63) is 94.8 Å². The van der Waals surface area contributed by atoms with Crippen LogP contribution in [0.4, 0.5) is 0 Å². The first kappa shape index (κ1) is 23.9. The number of nitrogens with zero attached hydrogens (tertiary/aromatic N) is 2. The summed E-state index contributed by atoms with van der Waals surface area (Å²) in [6.45, 7) is 0.149. The number of fused-ring (bicyclic) bond motifs is 1. The maximum Gasteiger partial charge on any atom is 0.276 e. The van der Waals surface area contributed by atoms with Gasteiger partial charge in [0.1, 0.15) is 29.3 Å². The van der Waals surface area contributed by atoms with E-state index in [2.05, 4.69) is 4.98 Å². The van der Waals surface area contributed by atoms with Crippen LogP contribution in [0.2, 0.25) is 0 Å². The molecular formula is C24H23N5O5S. The number of hydrogen-bond acceptors (Lipinski definition) is 6. The minimum atomic E-state index is -4.53. The lowest BCUT2D eigenvalue weighted by Gasteiger charge is -2.15. The van der Waals surface area contributed by atoms with Crippen LogP contribution in [-0.2, 0) is 23.8 Å². The molecule has 0 bridgehead atoms. The van der Waals surface area contributed by atoms with Gasteiger partial charge in [-0.05, 0) is 59.7 Å². The van der Waals surface area contributed by atoms with Crippen LogP contribution < -0.4 is 16.2 Å². The average molecular weight is 494 g/mol. The highest BCUT2D eigenvalue weighted by atomic mass is 32.2. The number of amides is 1. The molecule has 11 heteroatoms. The molecule has 0 aliphatic heterocycles. The lowest BCUT2D eigenvalue weighted by Crippen LogP contribution is -2.15. The minimum absolute atomic E-state index is 0.0327. The second-order valence-corrected chi connectivity index (χ2v) is 9.44. The number of nitrogen functional groups attached to an aromatic ring is 1. The second-order valence-electron chi connectivity index (χ2n) is 7.94. The van der Waals surface area contributed by atoms with E-state index in [1.54, 1.807) is 42.5 Å². The third-order valence-corrected chi connectivity index (χ3v) is 6.77. The van der Waals surface area contributed by atoms with Crippen LogP contribution in [0.25, 0.3) is 11.0 Å². The Hall–Kier alpha value is -4.22. The molecule has 0 fully saturated rings. The number of imidazole rings is 1. The highest BCUT2D eigenvalue weighted by Crippen LogP contribution is 2.32. The molecule has 1 amide bonds. The van der Waals surface area contributed by atoms with Crippen molar-refractivity contribution in [3.8, 4) is 5.75 Å². The predicted octanol–water partition coefficient (Wildman–Crippen LogP) is 2.51. The van der Waals surface area contributed by atoms with E-state index >= 15 is 0 Å². The smallest absolute Gasteiger partial charge is 0.276 e. The van der Waals surface area contributed by atoms with Crippen molar-refractivity contribution in [3.63, 3.8) is 0 Å². The number of carbonyl (C=O) groups is 1. The van der Waals surface area contributed by atoms with Crippen LogP contribution in [0, 0.1) is 5.41 Å². The Bertz CT molecular complexity index is 1530. The normalized spacial score (nSPS) is 12.4. The van der Waals surface area contributed by atoms with Gasteiger partial charge in [-0.2, -0.15) is 8.42 Å². The van der Waals surface area contributed by atoms with Gasteiger partial charge in [-0.1, -0.05) is 18.2 Å². The standard InChI is InChI=1S/C24H23N5O5S/c1-29-20-11-8-17(22(35(31,32)33)14-2-4-16(5-3-14)24(27)30)12-19(20)28-21(29)13-34-18-9-6-15(7-10-18)23(25)26/h2-12,22H,13H2,1H3,(H3,25,26)(H2,27,30)(H,31,32,33). The molecule has 4 rings (SSSR count). The molecule has 3 aromatic carbocycles. The van der Waals surface area contributed by atoms with Crippen molar-refractivity contribution >= 4 is 32.9 Å². The molecule has 1 heterocycles. The molecule has 0 aliphatic carbocycles. The Kier molecular flexibility index (Phi) is 6.29. The van der Waals surface area contributed by atoms with Crippen LogP contribution in [0.1, 0.15) is 38.1 Å². The molecule has 6 N–H and O–H groups in total. The number of amidine groups is 1. The van der Waals surface area contributed by atoms with E-state index in [1.807, 2.05) is 11.6 Å².